The van der Waals surface area contributed by atoms with E-state index in [2.05, 4.69) is 25.7 Å². The van der Waals surface area contributed by atoms with E-state index in [1.165, 1.54) is 19.3 Å². The predicted octanol–water partition coefficient (Wildman–Crippen LogP) is 1.61. The highest BCUT2D eigenvalue weighted by molar-refractivity contribution is 5.00. The SMILES string of the molecule is CC1CCC(CN)(N2CCOC(C)(C)C2)C1. The number of nitrogens with two attached hydrogens (primary N) is 1. The molecule has 94 valence electrons. The summed E-state index contributed by atoms with van der Waals surface area (Å²) >= 11 is 0. The van der Waals surface area contributed by atoms with Gasteiger partial charge in [0.25, 0.3) is 0 Å². The minimum absolute atomic E-state index is 0.00769. The molecule has 0 aromatic rings. The number of hydrogen-bond donors (Lipinski definition) is 1. The van der Waals surface area contributed by atoms with Gasteiger partial charge in [-0.15, -0.1) is 0 Å². The first-order valence-corrected chi connectivity index (χ1v) is 6.57. The number of nitrogens with zero attached hydrogens (tertiary/aromatic N) is 1. The van der Waals surface area contributed by atoms with Crippen molar-refractivity contribution in [3.63, 3.8) is 0 Å². The summed E-state index contributed by atoms with van der Waals surface area (Å²) in [6.07, 6.45) is 3.86. The van der Waals surface area contributed by atoms with Crippen LogP contribution >= 0.6 is 0 Å². The molecule has 0 amide bonds. The first kappa shape index (κ1) is 12.3. The molecular weight excluding hydrogens is 200 g/mol. The standard InChI is InChI=1S/C13H26N2O/c1-11-4-5-13(8-11,9-14)15-6-7-16-12(2,3)10-15/h11H,4-10,14H2,1-3H3. The average Bonchev–Trinajstić information content (AvgIpc) is 2.60. The maximum atomic E-state index is 6.07. The van der Waals surface area contributed by atoms with Crippen LogP contribution in [0, 0.1) is 5.92 Å². The van der Waals surface area contributed by atoms with E-state index in [4.69, 9.17) is 10.5 Å². The van der Waals surface area contributed by atoms with Crippen molar-refractivity contribution in [1.29, 1.82) is 0 Å². The Hall–Kier alpha value is -0.120. The van der Waals surface area contributed by atoms with Crippen LogP contribution in [-0.4, -0.2) is 42.3 Å². The lowest BCUT2D eigenvalue weighted by molar-refractivity contribution is -0.115. The molecule has 1 saturated carbocycles. The molecular formula is C13H26N2O. The van der Waals surface area contributed by atoms with Crippen LogP contribution in [-0.2, 0) is 4.74 Å². The zero-order valence-electron chi connectivity index (χ0n) is 11.0. The first-order valence-electron chi connectivity index (χ1n) is 6.57. The molecule has 3 heteroatoms. The van der Waals surface area contributed by atoms with E-state index >= 15 is 0 Å². The van der Waals surface area contributed by atoms with Crippen molar-refractivity contribution in [3.8, 4) is 0 Å². The van der Waals surface area contributed by atoms with Gasteiger partial charge in [-0.2, -0.15) is 0 Å². The van der Waals surface area contributed by atoms with Crippen molar-refractivity contribution in [1.82, 2.24) is 4.90 Å². The molecule has 0 bridgehead atoms. The normalized spacial score (nSPS) is 40.1. The first-order chi connectivity index (χ1) is 7.47. The summed E-state index contributed by atoms with van der Waals surface area (Å²) in [6.45, 7) is 10.4. The number of ether oxygens (including phenoxy) is 1. The van der Waals surface area contributed by atoms with Crippen LogP contribution < -0.4 is 5.73 Å². The van der Waals surface area contributed by atoms with Crippen LogP contribution in [0.15, 0.2) is 0 Å². The fourth-order valence-corrected chi connectivity index (χ4v) is 3.39. The molecule has 1 saturated heterocycles. The van der Waals surface area contributed by atoms with E-state index < -0.39 is 0 Å². The molecule has 2 unspecified atom stereocenters. The van der Waals surface area contributed by atoms with Crippen LogP contribution in [0.4, 0.5) is 0 Å². The lowest BCUT2D eigenvalue weighted by Gasteiger charge is -2.48. The quantitative estimate of drug-likeness (QED) is 0.777. The van der Waals surface area contributed by atoms with Gasteiger partial charge in [0.15, 0.2) is 0 Å². The molecule has 2 atom stereocenters. The van der Waals surface area contributed by atoms with Crippen molar-refractivity contribution >= 4 is 0 Å². The van der Waals surface area contributed by atoms with Crippen molar-refractivity contribution in [2.45, 2.75) is 51.2 Å². The van der Waals surface area contributed by atoms with Crippen molar-refractivity contribution in [2.75, 3.05) is 26.2 Å². The summed E-state index contributed by atoms with van der Waals surface area (Å²) in [5.41, 5.74) is 6.32. The third kappa shape index (κ3) is 2.27. The second-order valence-electron chi connectivity index (χ2n) is 6.31. The van der Waals surface area contributed by atoms with Crippen LogP contribution in [0.25, 0.3) is 0 Å². The van der Waals surface area contributed by atoms with E-state index in [0.717, 1.165) is 32.2 Å². The average molecular weight is 226 g/mol. The fraction of sp³-hybridized carbons (Fsp3) is 1.00. The van der Waals surface area contributed by atoms with Gasteiger partial charge in [0.1, 0.15) is 0 Å². The summed E-state index contributed by atoms with van der Waals surface area (Å²) < 4.78 is 5.79. The van der Waals surface area contributed by atoms with Gasteiger partial charge in [0.05, 0.1) is 12.2 Å². The van der Waals surface area contributed by atoms with Gasteiger partial charge in [-0.1, -0.05) is 6.92 Å². The molecule has 1 aliphatic carbocycles. The number of rotatable bonds is 2. The molecule has 1 heterocycles. The highest BCUT2D eigenvalue weighted by atomic mass is 16.5. The molecule has 16 heavy (non-hydrogen) atoms. The van der Waals surface area contributed by atoms with Crippen LogP contribution in [0.5, 0.6) is 0 Å². The third-order valence-corrected chi connectivity index (χ3v) is 4.31. The summed E-state index contributed by atoms with van der Waals surface area (Å²) in [6, 6.07) is 0. The Balaban J connectivity index is 2.09. The van der Waals surface area contributed by atoms with Crippen LogP contribution in [0.1, 0.15) is 40.0 Å². The third-order valence-electron chi connectivity index (χ3n) is 4.31. The molecule has 2 N–H and O–H groups in total. The van der Waals surface area contributed by atoms with E-state index in [1.807, 2.05) is 0 Å². The summed E-state index contributed by atoms with van der Waals surface area (Å²) in [7, 11) is 0. The highest BCUT2D eigenvalue weighted by Crippen LogP contribution is 2.39. The molecule has 2 rings (SSSR count). The molecule has 0 spiro atoms. The Kier molecular flexibility index (Phi) is 3.30. The zero-order valence-corrected chi connectivity index (χ0v) is 11.0. The Morgan fingerprint density at radius 1 is 1.44 bits per heavy atom. The van der Waals surface area contributed by atoms with Gasteiger partial charge < -0.3 is 10.5 Å². The van der Waals surface area contributed by atoms with Crippen molar-refractivity contribution in [2.24, 2.45) is 11.7 Å². The second kappa shape index (κ2) is 4.28. The molecule has 0 aromatic carbocycles. The van der Waals surface area contributed by atoms with Crippen LogP contribution in [0.3, 0.4) is 0 Å². The molecule has 2 fully saturated rings. The van der Waals surface area contributed by atoms with Gasteiger partial charge in [0.2, 0.25) is 0 Å². The molecule has 1 aliphatic heterocycles. The van der Waals surface area contributed by atoms with E-state index in [1.54, 1.807) is 0 Å². The zero-order chi connectivity index (χ0) is 11.8. The summed E-state index contributed by atoms with van der Waals surface area (Å²) in [5, 5.41) is 0. The minimum Gasteiger partial charge on any atom is -0.373 e. The predicted molar refractivity (Wildman–Crippen MR) is 66.4 cm³/mol. The second-order valence-corrected chi connectivity index (χ2v) is 6.31. The number of morpholine rings is 1. The Labute approximate surface area is 99.3 Å². The largest absolute Gasteiger partial charge is 0.373 e. The Bertz CT molecular complexity index is 254. The van der Waals surface area contributed by atoms with Gasteiger partial charge in [-0.05, 0) is 39.0 Å². The number of hydrogen-bond acceptors (Lipinski definition) is 3. The molecule has 0 radical (unpaired) electrons. The summed E-state index contributed by atoms with van der Waals surface area (Å²) in [5.74, 6) is 0.828. The maximum Gasteiger partial charge on any atom is 0.0753 e. The van der Waals surface area contributed by atoms with E-state index in [9.17, 15) is 0 Å². The Morgan fingerprint density at radius 2 is 2.19 bits per heavy atom. The lowest BCUT2D eigenvalue weighted by atomic mass is 9.91. The maximum absolute atomic E-state index is 6.07. The van der Waals surface area contributed by atoms with Gasteiger partial charge in [-0.25, -0.2) is 0 Å². The Morgan fingerprint density at radius 3 is 2.69 bits per heavy atom. The summed E-state index contributed by atoms with van der Waals surface area (Å²) in [4.78, 5) is 2.60. The monoisotopic (exact) mass is 226 g/mol. The highest BCUT2D eigenvalue weighted by Gasteiger charge is 2.44. The molecule has 3 nitrogen and oxygen atoms in total. The fourth-order valence-electron chi connectivity index (χ4n) is 3.39. The topological polar surface area (TPSA) is 38.5 Å². The van der Waals surface area contributed by atoms with E-state index in [-0.39, 0.29) is 11.1 Å². The smallest absolute Gasteiger partial charge is 0.0753 e. The van der Waals surface area contributed by atoms with Gasteiger partial charge in [0, 0.05) is 25.2 Å². The molecule has 0 aromatic heterocycles. The van der Waals surface area contributed by atoms with Crippen molar-refractivity contribution < 1.29 is 4.74 Å². The van der Waals surface area contributed by atoms with Gasteiger partial charge >= 0.3 is 0 Å². The van der Waals surface area contributed by atoms with Crippen LogP contribution in [0.2, 0.25) is 0 Å². The minimum atomic E-state index is -0.00769. The lowest BCUT2D eigenvalue weighted by Crippen LogP contribution is -2.60. The van der Waals surface area contributed by atoms with E-state index in [0.29, 0.717) is 0 Å². The van der Waals surface area contributed by atoms with Crippen molar-refractivity contribution in [3.05, 3.63) is 0 Å². The molecule has 2 aliphatic rings. The van der Waals surface area contributed by atoms with Gasteiger partial charge in [-0.3, -0.25) is 4.90 Å².